The van der Waals surface area contributed by atoms with E-state index in [0.29, 0.717) is 25.9 Å². The fraction of sp³-hybridized carbons (Fsp3) is 0.0400. The maximum absolute atomic E-state index is 13.0. The van der Waals surface area contributed by atoms with Crippen LogP contribution in [0.1, 0.15) is 5.56 Å². The van der Waals surface area contributed by atoms with Crippen molar-refractivity contribution < 1.29 is 29.0 Å². The second-order valence-corrected chi connectivity index (χ2v) is 9.20. The molecule has 1 heterocycles. The number of rotatable bonds is 6. The van der Waals surface area contributed by atoms with Gasteiger partial charge in [0.25, 0.3) is 17.7 Å². The number of carbonyl (C=O) groups excluding carboxylic acids is 4. The first-order valence-electron chi connectivity index (χ1n) is 10.4. The molecule has 0 unspecified atom stereocenters. The van der Waals surface area contributed by atoms with Crippen molar-refractivity contribution >= 4 is 73.1 Å². The highest BCUT2D eigenvalue weighted by molar-refractivity contribution is 9.11. The highest BCUT2D eigenvalue weighted by Gasteiger charge is 2.36. The van der Waals surface area contributed by atoms with E-state index in [1.807, 2.05) is 6.07 Å². The van der Waals surface area contributed by atoms with Gasteiger partial charge in [0, 0.05) is 5.69 Å². The van der Waals surface area contributed by atoms with Gasteiger partial charge in [-0.25, -0.2) is 9.69 Å². The summed E-state index contributed by atoms with van der Waals surface area (Å²) in [5, 5.41) is 14.3. The minimum Gasteiger partial charge on any atom is -0.508 e. The molecule has 0 aliphatic carbocycles. The molecule has 4 rings (SSSR count). The molecule has 0 bridgehead atoms. The maximum atomic E-state index is 13.0. The molecule has 0 aromatic heterocycles. The number of urea groups is 1. The number of imide groups is 2. The molecule has 0 radical (unpaired) electrons. The number of amides is 5. The average molecular weight is 615 g/mol. The van der Waals surface area contributed by atoms with Crippen LogP contribution in [0.4, 0.5) is 16.2 Å². The fourth-order valence-corrected chi connectivity index (χ4v) is 4.77. The Balaban J connectivity index is 1.53. The number of nitrogens with zero attached hydrogens (tertiary/aromatic N) is 1. The molecule has 0 atom stereocenters. The molecule has 5 amide bonds. The van der Waals surface area contributed by atoms with E-state index in [2.05, 4.69) is 42.5 Å². The first-order chi connectivity index (χ1) is 17.2. The van der Waals surface area contributed by atoms with Gasteiger partial charge in [-0.2, -0.15) is 0 Å². The van der Waals surface area contributed by atoms with Crippen molar-refractivity contribution in [2.45, 2.75) is 0 Å². The van der Waals surface area contributed by atoms with Crippen LogP contribution in [-0.2, 0) is 14.4 Å². The predicted octanol–water partition coefficient (Wildman–Crippen LogP) is 4.60. The Morgan fingerprint density at radius 1 is 1.00 bits per heavy atom. The second-order valence-electron chi connectivity index (χ2n) is 7.49. The standard InChI is InChI=1S/C25H17Br2N3O6/c26-19-11-14(12-20(27)22(19)36-13-21(32)28-15-4-2-1-3-5-15)10-18-23(33)29-25(35)30(24(18)34)16-6-8-17(31)9-7-16/h1-12,31H,13H2,(H,28,32)(H,29,33,35)/b18-10-. The summed E-state index contributed by atoms with van der Waals surface area (Å²) in [6.45, 7) is -0.253. The van der Waals surface area contributed by atoms with Crippen molar-refractivity contribution in [3.05, 3.63) is 86.8 Å². The van der Waals surface area contributed by atoms with Crippen molar-refractivity contribution in [1.82, 2.24) is 5.32 Å². The van der Waals surface area contributed by atoms with Crippen LogP contribution in [0, 0.1) is 0 Å². The molecule has 0 saturated carbocycles. The molecule has 1 aliphatic rings. The molecule has 36 heavy (non-hydrogen) atoms. The molecule has 11 heteroatoms. The van der Waals surface area contributed by atoms with Gasteiger partial charge < -0.3 is 15.2 Å². The zero-order valence-corrected chi connectivity index (χ0v) is 21.5. The lowest BCUT2D eigenvalue weighted by atomic mass is 10.1. The molecule has 3 aromatic rings. The van der Waals surface area contributed by atoms with E-state index in [4.69, 9.17) is 4.74 Å². The molecule has 1 fully saturated rings. The van der Waals surface area contributed by atoms with Crippen LogP contribution in [0.15, 0.2) is 81.2 Å². The number of hydrogen-bond donors (Lipinski definition) is 3. The van der Waals surface area contributed by atoms with Gasteiger partial charge in [-0.1, -0.05) is 18.2 Å². The number of para-hydroxylation sites is 1. The lowest BCUT2D eigenvalue weighted by molar-refractivity contribution is -0.122. The minimum absolute atomic E-state index is 0.0370. The van der Waals surface area contributed by atoms with Crippen LogP contribution < -0.4 is 20.3 Å². The number of phenolic OH excluding ortho intramolecular Hbond substituents is 1. The highest BCUT2D eigenvalue weighted by atomic mass is 79.9. The normalized spacial score (nSPS) is 14.6. The zero-order chi connectivity index (χ0) is 25.8. The van der Waals surface area contributed by atoms with Crippen molar-refractivity contribution in [2.75, 3.05) is 16.8 Å². The van der Waals surface area contributed by atoms with E-state index in [-0.39, 0.29) is 29.5 Å². The molecule has 0 spiro atoms. The smallest absolute Gasteiger partial charge is 0.335 e. The molecule has 1 aliphatic heterocycles. The number of nitrogens with one attached hydrogen (secondary N) is 2. The third-order valence-corrected chi connectivity index (χ3v) is 6.12. The molecule has 3 N–H and O–H groups in total. The van der Waals surface area contributed by atoms with Gasteiger partial charge in [-0.05, 0) is 92.0 Å². The van der Waals surface area contributed by atoms with E-state index in [0.717, 1.165) is 4.90 Å². The second kappa shape index (κ2) is 10.8. The summed E-state index contributed by atoms with van der Waals surface area (Å²) in [6, 6.07) is 16.7. The average Bonchev–Trinajstić information content (AvgIpc) is 2.83. The van der Waals surface area contributed by atoms with Crippen LogP contribution in [0.5, 0.6) is 11.5 Å². The quantitative estimate of drug-likeness (QED) is 0.275. The van der Waals surface area contributed by atoms with Crippen LogP contribution in [0.2, 0.25) is 0 Å². The number of barbiturate groups is 1. The van der Waals surface area contributed by atoms with E-state index in [1.165, 1.54) is 30.3 Å². The Labute approximate surface area is 222 Å². The summed E-state index contributed by atoms with van der Waals surface area (Å²) in [5.41, 5.74) is 1.01. The maximum Gasteiger partial charge on any atom is 0.335 e. The van der Waals surface area contributed by atoms with E-state index >= 15 is 0 Å². The van der Waals surface area contributed by atoms with Crippen molar-refractivity contribution in [1.29, 1.82) is 0 Å². The fourth-order valence-electron chi connectivity index (χ4n) is 3.32. The molecule has 3 aromatic carbocycles. The lowest BCUT2D eigenvalue weighted by Crippen LogP contribution is -2.54. The van der Waals surface area contributed by atoms with E-state index < -0.39 is 17.8 Å². The molecule has 9 nitrogen and oxygen atoms in total. The topological polar surface area (TPSA) is 125 Å². The van der Waals surface area contributed by atoms with E-state index in [9.17, 15) is 24.3 Å². The van der Waals surface area contributed by atoms with Crippen LogP contribution in [0.25, 0.3) is 6.08 Å². The Kier molecular flexibility index (Phi) is 7.51. The van der Waals surface area contributed by atoms with Crippen molar-refractivity contribution in [3.63, 3.8) is 0 Å². The Bertz CT molecular complexity index is 1370. The predicted molar refractivity (Wildman–Crippen MR) is 140 cm³/mol. The highest BCUT2D eigenvalue weighted by Crippen LogP contribution is 2.36. The number of hydrogen-bond acceptors (Lipinski definition) is 6. The largest absolute Gasteiger partial charge is 0.508 e. The molecular formula is C25H17Br2N3O6. The van der Waals surface area contributed by atoms with Crippen LogP contribution in [0.3, 0.4) is 0 Å². The van der Waals surface area contributed by atoms with Gasteiger partial charge >= 0.3 is 6.03 Å². The molecule has 1 saturated heterocycles. The third-order valence-electron chi connectivity index (χ3n) is 4.95. The molecule has 182 valence electrons. The summed E-state index contributed by atoms with van der Waals surface area (Å²) < 4.78 is 6.57. The minimum atomic E-state index is -0.896. The summed E-state index contributed by atoms with van der Waals surface area (Å²) in [7, 11) is 0. The van der Waals surface area contributed by atoms with Crippen molar-refractivity contribution in [3.8, 4) is 11.5 Å². The SMILES string of the molecule is O=C(COc1c(Br)cc(/C=C2/C(=O)NC(=O)N(c3ccc(O)cc3)C2=O)cc1Br)Nc1ccccc1. The van der Waals surface area contributed by atoms with Gasteiger partial charge in [-0.15, -0.1) is 0 Å². The monoisotopic (exact) mass is 613 g/mol. The van der Waals surface area contributed by atoms with Gasteiger partial charge in [0.15, 0.2) is 6.61 Å². The Hall–Kier alpha value is -3.96. The first-order valence-corrected chi connectivity index (χ1v) is 12.0. The lowest BCUT2D eigenvalue weighted by Gasteiger charge is -2.26. The number of aromatic hydroxyl groups is 1. The number of phenols is 1. The van der Waals surface area contributed by atoms with Gasteiger partial charge in [0.2, 0.25) is 0 Å². The molecular weight excluding hydrogens is 598 g/mol. The van der Waals surface area contributed by atoms with Crippen LogP contribution in [-0.4, -0.2) is 35.5 Å². The summed E-state index contributed by atoms with van der Waals surface area (Å²) in [6.07, 6.45) is 1.33. The zero-order valence-electron chi connectivity index (χ0n) is 18.3. The van der Waals surface area contributed by atoms with Crippen LogP contribution >= 0.6 is 31.9 Å². The van der Waals surface area contributed by atoms with Gasteiger partial charge in [-0.3, -0.25) is 19.7 Å². The van der Waals surface area contributed by atoms with E-state index in [1.54, 1.807) is 36.4 Å². The van der Waals surface area contributed by atoms with Crippen molar-refractivity contribution in [2.24, 2.45) is 0 Å². The summed E-state index contributed by atoms with van der Waals surface area (Å²) in [5.74, 6) is -1.70. The number of ether oxygens (including phenoxy) is 1. The Morgan fingerprint density at radius 2 is 1.64 bits per heavy atom. The Morgan fingerprint density at radius 3 is 2.28 bits per heavy atom. The summed E-state index contributed by atoms with van der Waals surface area (Å²) in [4.78, 5) is 50.8. The number of halogens is 2. The number of benzene rings is 3. The summed E-state index contributed by atoms with van der Waals surface area (Å²) >= 11 is 6.77. The van der Waals surface area contributed by atoms with Gasteiger partial charge in [0.05, 0.1) is 14.6 Å². The first kappa shape index (κ1) is 25.1. The number of anilines is 2. The third kappa shape index (κ3) is 5.64. The number of carbonyl (C=O) groups is 4. The van der Waals surface area contributed by atoms with Gasteiger partial charge in [0.1, 0.15) is 17.1 Å².